The number of carbonyl (C=O) groups is 2. The number of hydrogen-bond donors (Lipinski definition) is 3. The molecular formula is C18H20N2O7. The summed E-state index contributed by atoms with van der Waals surface area (Å²) in [6, 6.07) is 6.95. The molecule has 0 bridgehead atoms. The van der Waals surface area contributed by atoms with Crippen LogP contribution in [0.1, 0.15) is 20.7 Å². The zero-order valence-electron chi connectivity index (χ0n) is 15.3. The van der Waals surface area contributed by atoms with Gasteiger partial charge in [0.15, 0.2) is 23.0 Å². The van der Waals surface area contributed by atoms with E-state index >= 15 is 0 Å². The Bertz CT molecular complexity index is 827. The Labute approximate surface area is 155 Å². The number of rotatable bonds is 6. The monoisotopic (exact) mass is 376 g/mol. The first kappa shape index (κ1) is 19.7. The normalized spacial score (nSPS) is 9.93. The van der Waals surface area contributed by atoms with Crippen molar-refractivity contribution < 1.29 is 33.6 Å². The molecule has 9 heteroatoms. The zero-order chi connectivity index (χ0) is 20.0. The van der Waals surface area contributed by atoms with Crippen LogP contribution in [0, 0.1) is 0 Å². The molecule has 0 unspecified atom stereocenters. The molecule has 27 heavy (non-hydrogen) atoms. The second kappa shape index (κ2) is 8.65. The average Bonchev–Trinajstić information content (AvgIpc) is 2.70. The maximum Gasteiger partial charge on any atom is 0.269 e. The average molecular weight is 376 g/mol. The van der Waals surface area contributed by atoms with Crippen molar-refractivity contribution in [2.45, 2.75) is 0 Å². The SMILES string of the molecule is COc1cc(C(=O)NNC(=O)c2cc(OC)c(OC)c(OC)c2)ccc1O. The predicted octanol–water partition coefficient (Wildman–Crippen LogP) is 1.50. The Morgan fingerprint density at radius 2 is 1.22 bits per heavy atom. The van der Waals surface area contributed by atoms with Crippen molar-refractivity contribution in [1.82, 2.24) is 10.9 Å². The smallest absolute Gasteiger partial charge is 0.269 e. The minimum Gasteiger partial charge on any atom is -0.504 e. The number of methoxy groups -OCH3 is 4. The van der Waals surface area contributed by atoms with Crippen molar-refractivity contribution in [2.75, 3.05) is 28.4 Å². The second-order valence-corrected chi connectivity index (χ2v) is 5.21. The molecule has 3 N–H and O–H groups in total. The summed E-state index contributed by atoms with van der Waals surface area (Å²) in [5.74, 6) is -0.193. The van der Waals surface area contributed by atoms with E-state index in [1.165, 1.54) is 58.8 Å². The summed E-state index contributed by atoms with van der Waals surface area (Å²) in [7, 11) is 5.67. The highest BCUT2D eigenvalue weighted by molar-refractivity contribution is 6.00. The van der Waals surface area contributed by atoms with Gasteiger partial charge in [-0.05, 0) is 30.3 Å². The van der Waals surface area contributed by atoms with E-state index in [-0.39, 0.29) is 22.6 Å². The second-order valence-electron chi connectivity index (χ2n) is 5.21. The van der Waals surface area contributed by atoms with Crippen molar-refractivity contribution in [3.05, 3.63) is 41.5 Å². The van der Waals surface area contributed by atoms with Gasteiger partial charge in [0, 0.05) is 11.1 Å². The maximum atomic E-state index is 12.4. The molecule has 0 heterocycles. The van der Waals surface area contributed by atoms with Crippen molar-refractivity contribution in [2.24, 2.45) is 0 Å². The molecule has 0 aromatic heterocycles. The van der Waals surface area contributed by atoms with E-state index in [1.54, 1.807) is 0 Å². The summed E-state index contributed by atoms with van der Waals surface area (Å²) in [5, 5.41) is 9.56. The van der Waals surface area contributed by atoms with E-state index in [4.69, 9.17) is 18.9 Å². The number of aromatic hydroxyl groups is 1. The molecule has 0 spiro atoms. The van der Waals surface area contributed by atoms with Crippen LogP contribution in [0.25, 0.3) is 0 Å². The molecule has 0 radical (unpaired) electrons. The van der Waals surface area contributed by atoms with E-state index in [9.17, 15) is 14.7 Å². The molecule has 2 amide bonds. The van der Waals surface area contributed by atoms with Gasteiger partial charge in [-0.1, -0.05) is 0 Å². The van der Waals surface area contributed by atoms with Crippen LogP contribution >= 0.6 is 0 Å². The van der Waals surface area contributed by atoms with Gasteiger partial charge in [0.2, 0.25) is 5.75 Å². The Morgan fingerprint density at radius 1 is 0.741 bits per heavy atom. The largest absolute Gasteiger partial charge is 0.504 e. The van der Waals surface area contributed by atoms with Crippen molar-refractivity contribution in [3.8, 4) is 28.7 Å². The number of benzene rings is 2. The van der Waals surface area contributed by atoms with Crippen molar-refractivity contribution in [1.29, 1.82) is 0 Å². The highest BCUT2D eigenvalue weighted by Gasteiger charge is 2.18. The lowest BCUT2D eigenvalue weighted by molar-refractivity contribution is 0.0846. The third-order valence-corrected chi connectivity index (χ3v) is 3.66. The van der Waals surface area contributed by atoms with Gasteiger partial charge in [-0.25, -0.2) is 0 Å². The third-order valence-electron chi connectivity index (χ3n) is 3.66. The quantitative estimate of drug-likeness (QED) is 0.655. The zero-order valence-corrected chi connectivity index (χ0v) is 15.3. The van der Waals surface area contributed by atoms with Gasteiger partial charge in [-0.15, -0.1) is 0 Å². The van der Waals surface area contributed by atoms with E-state index in [1.807, 2.05) is 0 Å². The molecule has 2 rings (SSSR count). The first-order valence-electron chi connectivity index (χ1n) is 7.72. The molecule has 0 saturated heterocycles. The molecule has 2 aromatic carbocycles. The minimum absolute atomic E-state index is 0.101. The molecule has 0 saturated carbocycles. The fourth-order valence-corrected chi connectivity index (χ4v) is 2.29. The number of ether oxygens (including phenoxy) is 4. The summed E-state index contributed by atoms with van der Waals surface area (Å²) in [6.07, 6.45) is 0. The van der Waals surface area contributed by atoms with Crippen LogP contribution in [0.3, 0.4) is 0 Å². The molecule has 0 aliphatic carbocycles. The van der Waals surface area contributed by atoms with Crippen LogP contribution in [0.5, 0.6) is 28.7 Å². The van der Waals surface area contributed by atoms with Gasteiger partial charge in [0.05, 0.1) is 28.4 Å². The lowest BCUT2D eigenvalue weighted by Gasteiger charge is -2.14. The fourth-order valence-electron chi connectivity index (χ4n) is 2.29. The standard InChI is InChI=1S/C18H20N2O7/c1-24-13-7-10(5-6-12(13)21)17(22)19-20-18(23)11-8-14(25-2)16(27-4)15(9-11)26-3/h5-9,21H,1-4H3,(H,19,22)(H,20,23). The highest BCUT2D eigenvalue weighted by atomic mass is 16.5. The number of carbonyl (C=O) groups excluding carboxylic acids is 2. The summed E-state index contributed by atoms with van der Waals surface area (Å²) in [5.41, 5.74) is 4.96. The summed E-state index contributed by atoms with van der Waals surface area (Å²) < 4.78 is 20.5. The molecule has 0 aliphatic rings. The first-order valence-corrected chi connectivity index (χ1v) is 7.72. The summed E-state index contributed by atoms with van der Waals surface area (Å²) >= 11 is 0. The lowest BCUT2D eigenvalue weighted by atomic mass is 10.1. The summed E-state index contributed by atoms with van der Waals surface area (Å²) in [6.45, 7) is 0. The Morgan fingerprint density at radius 3 is 1.70 bits per heavy atom. The number of hydrazine groups is 1. The molecule has 0 fully saturated rings. The number of nitrogens with one attached hydrogen (secondary N) is 2. The highest BCUT2D eigenvalue weighted by Crippen LogP contribution is 2.38. The van der Waals surface area contributed by atoms with Crippen LogP contribution in [-0.2, 0) is 0 Å². The van der Waals surface area contributed by atoms with Gasteiger partial charge in [-0.2, -0.15) is 0 Å². The Hall–Kier alpha value is -3.62. The van der Waals surface area contributed by atoms with E-state index < -0.39 is 11.8 Å². The van der Waals surface area contributed by atoms with E-state index in [0.29, 0.717) is 17.2 Å². The first-order chi connectivity index (χ1) is 12.9. The molecule has 9 nitrogen and oxygen atoms in total. The van der Waals surface area contributed by atoms with E-state index in [0.717, 1.165) is 0 Å². The predicted molar refractivity (Wildman–Crippen MR) is 95.7 cm³/mol. The van der Waals surface area contributed by atoms with Gasteiger partial charge in [-0.3, -0.25) is 20.4 Å². The number of phenols is 1. The molecule has 144 valence electrons. The molecular weight excluding hydrogens is 356 g/mol. The van der Waals surface area contributed by atoms with Crippen LogP contribution in [0.4, 0.5) is 0 Å². The Balaban J connectivity index is 2.14. The maximum absolute atomic E-state index is 12.4. The fraction of sp³-hybridized carbons (Fsp3) is 0.222. The van der Waals surface area contributed by atoms with Gasteiger partial charge >= 0.3 is 0 Å². The van der Waals surface area contributed by atoms with Crippen molar-refractivity contribution in [3.63, 3.8) is 0 Å². The van der Waals surface area contributed by atoms with Crippen molar-refractivity contribution >= 4 is 11.8 Å². The lowest BCUT2D eigenvalue weighted by Crippen LogP contribution is -2.41. The Kier molecular flexibility index (Phi) is 6.32. The third kappa shape index (κ3) is 4.32. The number of hydrogen-bond acceptors (Lipinski definition) is 7. The molecule has 0 aliphatic heterocycles. The van der Waals surface area contributed by atoms with Crippen LogP contribution in [-0.4, -0.2) is 45.4 Å². The number of amides is 2. The van der Waals surface area contributed by atoms with Crippen LogP contribution < -0.4 is 29.8 Å². The van der Waals surface area contributed by atoms with Crippen LogP contribution in [0.2, 0.25) is 0 Å². The molecule has 2 aromatic rings. The van der Waals surface area contributed by atoms with Gasteiger partial charge in [0.25, 0.3) is 11.8 Å². The summed E-state index contributed by atoms with van der Waals surface area (Å²) in [4.78, 5) is 24.5. The molecule has 0 atom stereocenters. The van der Waals surface area contributed by atoms with E-state index in [2.05, 4.69) is 10.9 Å². The number of phenolic OH excluding ortho intramolecular Hbond substituents is 1. The van der Waals surface area contributed by atoms with Gasteiger partial charge < -0.3 is 24.1 Å². The van der Waals surface area contributed by atoms with Crippen LogP contribution in [0.15, 0.2) is 30.3 Å². The topological polar surface area (TPSA) is 115 Å². The van der Waals surface area contributed by atoms with Gasteiger partial charge in [0.1, 0.15) is 0 Å². The minimum atomic E-state index is -0.589.